The summed E-state index contributed by atoms with van der Waals surface area (Å²) < 4.78 is 5.07. The average Bonchev–Trinajstić information content (AvgIpc) is 2.25. The highest BCUT2D eigenvalue weighted by Crippen LogP contribution is 2.02. The van der Waals surface area contributed by atoms with Crippen LogP contribution in [0.5, 0.6) is 0 Å². The summed E-state index contributed by atoms with van der Waals surface area (Å²) in [5, 5.41) is 0. The Morgan fingerprint density at radius 3 is 3.00 bits per heavy atom. The Kier molecular flexibility index (Phi) is 4.76. The number of ether oxygens (including phenoxy) is 1. The molecule has 0 aromatic heterocycles. The third kappa shape index (κ3) is 3.60. The van der Waals surface area contributed by atoms with Crippen molar-refractivity contribution in [1.29, 1.82) is 0 Å². The van der Waals surface area contributed by atoms with Crippen molar-refractivity contribution < 1.29 is 9.53 Å². The molecule has 0 spiro atoms. The summed E-state index contributed by atoms with van der Waals surface area (Å²) in [7, 11) is 0. The topological polar surface area (TPSA) is 26.3 Å². The maximum absolute atomic E-state index is 11.4. The minimum atomic E-state index is -0.252. The van der Waals surface area contributed by atoms with Crippen LogP contribution in [-0.4, -0.2) is 12.6 Å². The summed E-state index contributed by atoms with van der Waals surface area (Å²) >= 11 is 0. The minimum Gasteiger partial charge on any atom is -0.462 e. The molecule has 0 saturated heterocycles. The highest BCUT2D eigenvalue weighted by atomic mass is 16.5. The molecule has 0 unspecified atom stereocenters. The summed E-state index contributed by atoms with van der Waals surface area (Å²) in [6, 6.07) is 9.76. The van der Waals surface area contributed by atoms with Crippen molar-refractivity contribution in [3.05, 3.63) is 35.9 Å². The van der Waals surface area contributed by atoms with Crippen LogP contribution >= 0.6 is 0 Å². The standard InChI is InChI=1S/C12H15O2/c1-2-3-7-10-14-12(13)11-8-5-4-6-9-11/h4-5,8-9H,2-3,7,10H2,1H3. The second-order valence-corrected chi connectivity index (χ2v) is 3.14. The van der Waals surface area contributed by atoms with Gasteiger partial charge in [0, 0.05) is 0 Å². The first-order chi connectivity index (χ1) is 6.84. The lowest BCUT2D eigenvalue weighted by atomic mass is 10.2. The van der Waals surface area contributed by atoms with Gasteiger partial charge >= 0.3 is 5.97 Å². The highest BCUT2D eigenvalue weighted by Gasteiger charge is 2.04. The maximum Gasteiger partial charge on any atom is 0.338 e. The van der Waals surface area contributed by atoms with Gasteiger partial charge < -0.3 is 4.74 Å². The van der Waals surface area contributed by atoms with Crippen LogP contribution in [0.4, 0.5) is 0 Å². The summed E-state index contributed by atoms with van der Waals surface area (Å²) in [6.07, 6.45) is 3.18. The van der Waals surface area contributed by atoms with E-state index in [-0.39, 0.29) is 5.97 Å². The van der Waals surface area contributed by atoms with E-state index >= 15 is 0 Å². The molecule has 0 aliphatic heterocycles. The van der Waals surface area contributed by atoms with Crippen molar-refractivity contribution in [2.45, 2.75) is 26.2 Å². The molecular weight excluding hydrogens is 176 g/mol. The highest BCUT2D eigenvalue weighted by molar-refractivity contribution is 5.89. The van der Waals surface area contributed by atoms with Crippen LogP contribution < -0.4 is 0 Å². The third-order valence-electron chi connectivity index (χ3n) is 1.92. The van der Waals surface area contributed by atoms with Gasteiger partial charge in [-0.1, -0.05) is 31.9 Å². The van der Waals surface area contributed by atoms with E-state index in [1.54, 1.807) is 24.3 Å². The Balaban J connectivity index is 2.29. The molecule has 1 radical (unpaired) electrons. The number of esters is 1. The van der Waals surface area contributed by atoms with Gasteiger partial charge in [0.15, 0.2) is 0 Å². The average molecular weight is 191 g/mol. The normalized spacial score (nSPS) is 9.79. The molecule has 0 aliphatic rings. The molecule has 0 N–H and O–H groups in total. The summed E-state index contributed by atoms with van der Waals surface area (Å²) in [4.78, 5) is 11.4. The van der Waals surface area contributed by atoms with E-state index in [1.165, 1.54) is 0 Å². The fraction of sp³-hybridized carbons (Fsp3) is 0.417. The molecule has 0 fully saturated rings. The Morgan fingerprint density at radius 1 is 1.50 bits per heavy atom. The van der Waals surface area contributed by atoms with Crippen LogP contribution in [0.25, 0.3) is 0 Å². The van der Waals surface area contributed by atoms with E-state index in [1.807, 2.05) is 0 Å². The molecule has 1 aromatic carbocycles. The van der Waals surface area contributed by atoms with E-state index in [9.17, 15) is 4.79 Å². The number of hydrogen-bond acceptors (Lipinski definition) is 2. The molecule has 0 saturated carbocycles. The molecule has 75 valence electrons. The largest absolute Gasteiger partial charge is 0.462 e. The number of rotatable bonds is 5. The fourth-order valence-electron chi connectivity index (χ4n) is 1.12. The SMILES string of the molecule is CCCCCOC(=O)c1c[c]ccc1. The molecule has 2 nitrogen and oxygen atoms in total. The predicted molar refractivity (Wildman–Crippen MR) is 55.1 cm³/mol. The lowest BCUT2D eigenvalue weighted by Gasteiger charge is -2.03. The minimum absolute atomic E-state index is 0.252. The number of unbranched alkanes of at least 4 members (excludes halogenated alkanes) is 2. The zero-order chi connectivity index (χ0) is 10.2. The van der Waals surface area contributed by atoms with Gasteiger partial charge in [0.2, 0.25) is 0 Å². The quantitative estimate of drug-likeness (QED) is 0.528. The summed E-state index contributed by atoms with van der Waals surface area (Å²) in [5.41, 5.74) is 0.573. The molecule has 14 heavy (non-hydrogen) atoms. The number of benzene rings is 1. The summed E-state index contributed by atoms with van der Waals surface area (Å²) in [6.45, 7) is 2.63. The maximum atomic E-state index is 11.4. The van der Waals surface area contributed by atoms with Crippen molar-refractivity contribution in [2.75, 3.05) is 6.61 Å². The summed E-state index contributed by atoms with van der Waals surface area (Å²) in [5.74, 6) is -0.252. The van der Waals surface area contributed by atoms with Crippen molar-refractivity contribution in [3.63, 3.8) is 0 Å². The molecule has 1 rings (SSSR count). The van der Waals surface area contributed by atoms with Gasteiger partial charge in [0.1, 0.15) is 0 Å². The van der Waals surface area contributed by atoms with Gasteiger partial charge in [0.25, 0.3) is 0 Å². The fourth-order valence-corrected chi connectivity index (χ4v) is 1.12. The van der Waals surface area contributed by atoms with Gasteiger partial charge in [-0.05, 0) is 24.6 Å². The van der Waals surface area contributed by atoms with E-state index in [0.29, 0.717) is 12.2 Å². The number of carbonyl (C=O) groups is 1. The Hall–Kier alpha value is -1.31. The first-order valence-corrected chi connectivity index (χ1v) is 4.98. The Labute approximate surface area is 84.9 Å². The molecule has 0 heterocycles. The molecular formula is C12H15O2. The van der Waals surface area contributed by atoms with Crippen LogP contribution in [0.2, 0.25) is 0 Å². The van der Waals surface area contributed by atoms with Crippen molar-refractivity contribution in [2.24, 2.45) is 0 Å². The van der Waals surface area contributed by atoms with Gasteiger partial charge in [-0.15, -0.1) is 0 Å². The second-order valence-electron chi connectivity index (χ2n) is 3.14. The predicted octanol–water partition coefficient (Wildman–Crippen LogP) is 2.83. The third-order valence-corrected chi connectivity index (χ3v) is 1.92. The molecule has 0 aliphatic carbocycles. The molecule has 0 bridgehead atoms. The first kappa shape index (κ1) is 10.8. The molecule has 1 aromatic rings. The first-order valence-electron chi connectivity index (χ1n) is 4.98. The van der Waals surface area contributed by atoms with Gasteiger partial charge in [-0.3, -0.25) is 0 Å². The van der Waals surface area contributed by atoms with Gasteiger partial charge in [0.05, 0.1) is 12.2 Å². The van der Waals surface area contributed by atoms with E-state index in [0.717, 1.165) is 19.3 Å². The van der Waals surface area contributed by atoms with Crippen LogP contribution in [0, 0.1) is 6.07 Å². The molecule has 0 atom stereocenters. The molecule has 0 amide bonds. The van der Waals surface area contributed by atoms with Crippen LogP contribution in [0.15, 0.2) is 24.3 Å². The van der Waals surface area contributed by atoms with Crippen LogP contribution in [0.3, 0.4) is 0 Å². The van der Waals surface area contributed by atoms with E-state index < -0.39 is 0 Å². The molecule has 2 heteroatoms. The lowest BCUT2D eigenvalue weighted by molar-refractivity contribution is 0.0498. The monoisotopic (exact) mass is 191 g/mol. The Bertz CT molecular complexity index is 267. The number of hydrogen-bond donors (Lipinski definition) is 0. The van der Waals surface area contributed by atoms with Crippen molar-refractivity contribution in [1.82, 2.24) is 0 Å². The van der Waals surface area contributed by atoms with Crippen LogP contribution in [0.1, 0.15) is 36.5 Å². The van der Waals surface area contributed by atoms with Gasteiger partial charge in [-0.25, -0.2) is 4.79 Å². The zero-order valence-electron chi connectivity index (χ0n) is 8.45. The number of carbonyl (C=O) groups excluding carboxylic acids is 1. The van der Waals surface area contributed by atoms with Gasteiger partial charge in [-0.2, -0.15) is 0 Å². The zero-order valence-corrected chi connectivity index (χ0v) is 8.45. The van der Waals surface area contributed by atoms with Crippen molar-refractivity contribution >= 4 is 5.97 Å². The van der Waals surface area contributed by atoms with Crippen molar-refractivity contribution in [3.8, 4) is 0 Å². The lowest BCUT2D eigenvalue weighted by Crippen LogP contribution is -2.05. The van der Waals surface area contributed by atoms with E-state index in [2.05, 4.69) is 13.0 Å². The second kappa shape index (κ2) is 6.19. The smallest absolute Gasteiger partial charge is 0.338 e. The van der Waals surface area contributed by atoms with Crippen LogP contribution in [-0.2, 0) is 4.74 Å². The van der Waals surface area contributed by atoms with E-state index in [4.69, 9.17) is 4.74 Å². The Morgan fingerprint density at radius 2 is 2.36 bits per heavy atom.